The van der Waals surface area contributed by atoms with Crippen molar-refractivity contribution in [3.05, 3.63) is 9.81 Å². The van der Waals surface area contributed by atoms with Crippen LogP contribution in [0.2, 0.25) is 0 Å². The second kappa shape index (κ2) is 1.98. The van der Waals surface area contributed by atoms with Crippen LogP contribution in [0.4, 0.5) is 0 Å². The zero-order chi connectivity index (χ0) is 5.98. The summed E-state index contributed by atoms with van der Waals surface area (Å²) in [7, 11) is 0. The molecule has 1 fully saturated rings. The number of nitroso groups, excluding NO2 is 2. The lowest BCUT2D eigenvalue weighted by atomic mass is 9.88. The molecule has 0 heterocycles. The monoisotopic (exact) mass is 114 g/mol. The maximum Gasteiger partial charge on any atom is 0.118 e. The largest absolute Gasteiger partial charge is 0.150 e. The van der Waals surface area contributed by atoms with Crippen molar-refractivity contribution < 1.29 is 0 Å². The molecule has 0 N–H and O–H groups in total. The van der Waals surface area contributed by atoms with Gasteiger partial charge in [-0.05, 0) is 12.8 Å². The van der Waals surface area contributed by atoms with Gasteiger partial charge in [0.2, 0.25) is 0 Å². The van der Waals surface area contributed by atoms with E-state index in [1.165, 1.54) is 0 Å². The molecule has 2 atom stereocenters. The normalized spacial score (nSPS) is 35.5. The number of nitrogens with zero attached hydrogens (tertiary/aromatic N) is 2. The van der Waals surface area contributed by atoms with Crippen LogP contribution in [0, 0.1) is 9.81 Å². The van der Waals surface area contributed by atoms with Crippen LogP contribution >= 0.6 is 0 Å². The molecular weight excluding hydrogens is 108 g/mol. The Kier molecular flexibility index (Phi) is 1.32. The number of hydrogen-bond donors (Lipinski definition) is 0. The fourth-order valence-corrected chi connectivity index (χ4v) is 0.711. The van der Waals surface area contributed by atoms with E-state index >= 15 is 0 Å². The summed E-state index contributed by atoms with van der Waals surface area (Å²) >= 11 is 0. The van der Waals surface area contributed by atoms with Gasteiger partial charge >= 0.3 is 0 Å². The van der Waals surface area contributed by atoms with Gasteiger partial charge in [0.05, 0.1) is 0 Å². The standard InChI is InChI=1S/C4H6N2O2/c7-5-3-1-2-4(3)6-8/h3-4H,1-2H2. The van der Waals surface area contributed by atoms with Crippen LogP contribution in [0.1, 0.15) is 12.8 Å². The fourth-order valence-electron chi connectivity index (χ4n) is 0.711. The Balaban J connectivity index is 2.36. The molecule has 1 aliphatic carbocycles. The quantitative estimate of drug-likeness (QED) is 0.504. The molecule has 0 aliphatic heterocycles. The SMILES string of the molecule is O=NC1CCC1N=O. The maximum atomic E-state index is 9.71. The minimum atomic E-state index is -0.313. The third kappa shape index (κ3) is 0.616. The minimum absolute atomic E-state index is 0.313. The van der Waals surface area contributed by atoms with Crippen LogP contribution in [0.3, 0.4) is 0 Å². The van der Waals surface area contributed by atoms with Crippen LogP contribution in [-0.2, 0) is 0 Å². The Morgan fingerprint density at radius 2 is 1.38 bits per heavy atom. The molecule has 1 rings (SSSR count). The highest BCUT2D eigenvalue weighted by atomic mass is 16.3. The Bertz CT molecular complexity index is 101. The van der Waals surface area contributed by atoms with Crippen molar-refractivity contribution in [1.29, 1.82) is 0 Å². The molecule has 1 saturated carbocycles. The summed E-state index contributed by atoms with van der Waals surface area (Å²) in [5.74, 6) is 0. The van der Waals surface area contributed by atoms with Crippen LogP contribution < -0.4 is 0 Å². The summed E-state index contributed by atoms with van der Waals surface area (Å²) in [5, 5.41) is 5.40. The molecule has 0 aromatic rings. The first-order chi connectivity index (χ1) is 3.88. The molecule has 8 heavy (non-hydrogen) atoms. The predicted molar refractivity (Wildman–Crippen MR) is 28.4 cm³/mol. The summed E-state index contributed by atoms with van der Waals surface area (Å²) in [6.07, 6.45) is 1.47. The zero-order valence-electron chi connectivity index (χ0n) is 4.28. The van der Waals surface area contributed by atoms with Gasteiger partial charge in [0.25, 0.3) is 0 Å². The third-order valence-corrected chi connectivity index (χ3v) is 1.47. The molecule has 4 nitrogen and oxygen atoms in total. The topological polar surface area (TPSA) is 58.9 Å². The Labute approximate surface area is 46.2 Å². The molecule has 0 amide bonds. The van der Waals surface area contributed by atoms with Gasteiger partial charge in [-0.1, -0.05) is 10.4 Å². The molecule has 0 radical (unpaired) electrons. The van der Waals surface area contributed by atoms with E-state index in [-0.39, 0.29) is 12.1 Å². The highest BCUT2D eigenvalue weighted by molar-refractivity contribution is 4.91. The molecule has 2 unspecified atom stereocenters. The molecule has 0 aromatic carbocycles. The van der Waals surface area contributed by atoms with Crippen molar-refractivity contribution in [2.45, 2.75) is 24.9 Å². The number of rotatable bonds is 2. The fraction of sp³-hybridized carbons (Fsp3) is 1.00. The van der Waals surface area contributed by atoms with E-state index in [2.05, 4.69) is 10.4 Å². The van der Waals surface area contributed by atoms with Crippen LogP contribution in [0.15, 0.2) is 10.4 Å². The lowest BCUT2D eigenvalue weighted by Crippen LogP contribution is -2.32. The van der Waals surface area contributed by atoms with Crippen molar-refractivity contribution in [2.75, 3.05) is 0 Å². The maximum absolute atomic E-state index is 9.71. The van der Waals surface area contributed by atoms with E-state index in [9.17, 15) is 9.81 Å². The van der Waals surface area contributed by atoms with Gasteiger partial charge < -0.3 is 0 Å². The Morgan fingerprint density at radius 3 is 1.50 bits per heavy atom. The van der Waals surface area contributed by atoms with E-state index in [4.69, 9.17) is 0 Å². The summed E-state index contributed by atoms with van der Waals surface area (Å²) in [6.45, 7) is 0. The first-order valence-electron chi connectivity index (χ1n) is 2.53. The molecule has 0 aromatic heterocycles. The molecule has 1 aliphatic rings. The van der Waals surface area contributed by atoms with Gasteiger partial charge in [-0.25, -0.2) is 0 Å². The Hall–Kier alpha value is -0.800. The Morgan fingerprint density at radius 1 is 1.00 bits per heavy atom. The highest BCUT2D eigenvalue weighted by Gasteiger charge is 2.32. The van der Waals surface area contributed by atoms with E-state index in [1.807, 2.05) is 0 Å². The molecule has 0 spiro atoms. The summed E-state index contributed by atoms with van der Waals surface area (Å²) in [6, 6.07) is -0.625. The summed E-state index contributed by atoms with van der Waals surface area (Å²) < 4.78 is 0. The van der Waals surface area contributed by atoms with Gasteiger partial charge in [-0.2, -0.15) is 9.81 Å². The second-order valence-electron chi connectivity index (χ2n) is 1.92. The molecule has 44 valence electrons. The van der Waals surface area contributed by atoms with Gasteiger partial charge in [-0.3, -0.25) is 0 Å². The van der Waals surface area contributed by atoms with Crippen molar-refractivity contribution in [3.8, 4) is 0 Å². The number of hydrogen-bond acceptors (Lipinski definition) is 4. The first-order valence-corrected chi connectivity index (χ1v) is 2.53. The van der Waals surface area contributed by atoms with Gasteiger partial charge in [0.15, 0.2) is 0 Å². The lowest BCUT2D eigenvalue weighted by Gasteiger charge is -2.23. The smallest absolute Gasteiger partial charge is 0.118 e. The van der Waals surface area contributed by atoms with E-state index in [1.54, 1.807) is 0 Å². The van der Waals surface area contributed by atoms with Crippen LogP contribution in [-0.4, -0.2) is 12.1 Å². The summed E-state index contributed by atoms with van der Waals surface area (Å²) in [5.41, 5.74) is 0. The van der Waals surface area contributed by atoms with Gasteiger partial charge in [0.1, 0.15) is 12.1 Å². The van der Waals surface area contributed by atoms with Gasteiger partial charge in [-0.15, -0.1) is 0 Å². The molecule has 4 heteroatoms. The molecule has 0 bridgehead atoms. The van der Waals surface area contributed by atoms with E-state index in [0.717, 1.165) is 12.8 Å². The average molecular weight is 114 g/mol. The second-order valence-corrected chi connectivity index (χ2v) is 1.92. The zero-order valence-corrected chi connectivity index (χ0v) is 4.28. The summed E-state index contributed by atoms with van der Waals surface area (Å²) in [4.78, 5) is 19.4. The van der Waals surface area contributed by atoms with Crippen LogP contribution in [0.25, 0.3) is 0 Å². The highest BCUT2D eigenvalue weighted by Crippen LogP contribution is 2.25. The average Bonchev–Trinajstić information content (AvgIpc) is 1.66. The molecular formula is C4H6N2O2. The van der Waals surface area contributed by atoms with Crippen molar-refractivity contribution in [1.82, 2.24) is 0 Å². The van der Waals surface area contributed by atoms with Crippen molar-refractivity contribution in [2.24, 2.45) is 10.4 Å². The van der Waals surface area contributed by atoms with Crippen molar-refractivity contribution in [3.63, 3.8) is 0 Å². The van der Waals surface area contributed by atoms with Crippen LogP contribution in [0.5, 0.6) is 0 Å². The first kappa shape index (κ1) is 5.34. The lowest BCUT2D eigenvalue weighted by molar-refractivity contribution is 0.347. The van der Waals surface area contributed by atoms with E-state index < -0.39 is 0 Å². The third-order valence-electron chi connectivity index (χ3n) is 1.47. The predicted octanol–water partition coefficient (Wildman–Crippen LogP) is 1.05. The van der Waals surface area contributed by atoms with Gasteiger partial charge in [0, 0.05) is 0 Å². The van der Waals surface area contributed by atoms with E-state index in [0.29, 0.717) is 0 Å². The molecule has 0 saturated heterocycles. The minimum Gasteiger partial charge on any atom is -0.150 e. The van der Waals surface area contributed by atoms with Crippen molar-refractivity contribution >= 4 is 0 Å².